The molecule has 0 radical (unpaired) electrons. The van der Waals surface area contributed by atoms with E-state index in [9.17, 15) is 5.11 Å². The van der Waals surface area contributed by atoms with E-state index in [1.807, 2.05) is 12.1 Å². The molecular weight excluding hydrogens is 300 g/mol. The van der Waals surface area contributed by atoms with E-state index >= 15 is 0 Å². The lowest BCUT2D eigenvalue weighted by Crippen LogP contribution is -2.40. The van der Waals surface area contributed by atoms with Gasteiger partial charge >= 0.3 is 0 Å². The number of hydrogen-bond donors (Lipinski definition) is 2. The fraction of sp³-hybridized carbons (Fsp3) is 0.647. The summed E-state index contributed by atoms with van der Waals surface area (Å²) in [4.78, 5) is 2.31. The molecule has 1 heterocycles. The summed E-state index contributed by atoms with van der Waals surface area (Å²) in [6.45, 7) is 2.88. The molecule has 1 aliphatic carbocycles. The van der Waals surface area contributed by atoms with Crippen LogP contribution in [0.15, 0.2) is 18.2 Å². The van der Waals surface area contributed by atoms with Crippen molar-refractivity contribution < 1.29 is 9.84 Å². The number of nitrogens with two attached hydrogens (primary N) is 1. The first-order valence-corrected chi connectivity index (χ1v) is 8.63. The van der Waals surface area contributed by atoms with Gasteiger partial charge in [0, 0.05) is 12.6 Å². The van der Waals surface area contributed by atoms with Crippen LogP contribution < -0.4 is 10.5 Å². The number of ether oxygens (including phenoxy) is 1. The second-order valence-electron chi connectivity index (χ2n) is 6.48. The van der Waals surface area contributed by atoms with Crippen LogP contribution in [-0.2, 0) is 0 Å². The molecule has 2 fully saturated rings. The van der Waals surface area contributed by atoms with Gasteiger partial charge in [-0.15, -0.1) is 0 Å². The summed E-state index contributed by atoms with van der Waals surface area (Å²) in [5.41, 5.74) is 6.92. The third kappa shape index (κ3) is 3.74. The van der Waals surface area contributed by atoms with Gasteiger partial charge in [0.15, 0.2) is 0 Å². The predicted octanol–water partition coefficient (Wildman–Crippen LogP) is 2.73. The molecule has 1 aromatic carbocycles. The SMILES string of the molecule is NC(CN1CCCC1)C(O)c1ccc(OC2CCC2)c(Cl)c1. The molecule has 1 aromatic rings. The van der Waals surface area contributed by atoms with Crippen LogP contribution >= 0.6 is 11.6 Å². The van der Waals surface area contributed by atoms with Crippen molar-refractivity contribution in [2.24, 2.45) is 5.73 Å². The van der Waals surface area contributed by atoms with E-state index in [0.29, 0.717) is 16.9 Å². The van der Waals surface area contributed by atoms with Crippen LogP contribution in [0, 0.1) is 0 Å². The molecule has 0 amide bonds. The molecule has 1 aliphatic heterocycles. The van der Waals surface area contributed by atoms with Crippen molar-refractivity contribution >= 4 is 11.6 Å². The van der Waals surface area contributed by atoms with Crippen LogP contribution in [0.2, 0.25) is 5.02 Å². The summed E-state index contributed by atoms with van der Waals surface area (Å²) in [6.07, 6.45) is 5.47. The van der Waals surface area contributed by atoms with Crippen molar-refractivity contribution in [2.45, 2.75) is 50.4 Å². The summed E-state index contributed by atoms with van der Waals surface area (Å²) in [7, 11) is 0. The molecule has 5 heteroatoms. The van der Waals surface area contributed by atoms with Crippen molar-refractivity contribution in [3.63, 3.8) is 0 Å². The zero-order chi connectivity index (χ0) is 15.5. The molecule has 22 heavy (non-hydrogen) atoms. The number of hydrogen-bond acceptors (Lipinski definition) is 4. The van der Waals surface area contributed by atoms with Crippen LogP contribution in [-0.4, -0.2) is 41.8 Å². The highest BCUT2D eigenvalue weighted by molar-refractivity contribution is 6.32. The first-order valence-electron chi connectivity index (χ1n) is 8.25. The lowest BCUT2D eigenvalue weighted by atomic mass is 9.96. The van der Waals surface area contributed by atoms with Gasteiger partial charge in [0.25, 0.3) is 0 Å². The first kappa shape index (κ1) is 16.1. The Hall–Kier alpha value is -0.810. The summed E-state index contributed by atoms with van der Waals surface area (Å²) in [6, 6.07) is 5.20. The normalized spacial score (nSPS) is 22.3. The summed E-state index contributed by atoms with van der Waals surface area (Å²) in [5.74, 6) is 0.704. The summed E-state index contributed by atoms with van der Waals surface area (Å²) >= 11 is 6.29. The van der Waals surface area contributed by atoms with Crippen molar-refractivity contribution in [3.8, 4) is 5.75 Å². The average Bonchev–Trinajstić information content (AvgIpc) is 2.96. The Kier molecular flexibility index (Phi) is 5.24. The van der Waals surface area contributed by atoms with Crippen molar-refractivity contribution in [2.75, 3.05) is 19.6 Å². The Balaban J connectivity index is 1.61. The van der Waals surface area contributed by atoms with Gasteiger partial charge in [-0.05, 0) is 62.9 Å². The largest absolute Gasteiger partial charge is 0.489 e. The van der Waals surface area contributed by atoms with Crippen molar-refractivity contribution in [3.05, 3.63) is 28.8 Å². The standard InChI is InChI=1S/C17H25ClN2O2/c18-14-10-12(6-7-16(14)22-13-4-3-5-13)17(21)15(19)11-20-8-1-2-9-20/h6-7,10,13,15,17,21H,1-5,8-9,11,19H2. The minimum absolute atomic E-state index is 0.297. The van der Waals surface area contributed by atoms with Crippen LogP contribution in [0.5, 0.6) is 5.75 Å². The minimum Gasteiger partial charge on any atom is -0.489 e. The van der Waals surface area contributed by atoms with E-state index < -0.39 is 6.10 Å². The maximum atomic E-state index is 10.5. The Morgan fingerprint density at radius 1 is 1.27 bits per heavy atom. The molecule has 0 bridgehead atoms. The fourth-order valence-electron chi connectivity index (χ4n) is 3.08. The lowest BCUT2D eigenvalue weighted by molar-refractivity contribution is 0.118. The number of halogens is 1. The van der Waals surface area contributed by atoms with Gasteiger partial charge in [0.1, 0.15) is 5.75 Å². The summed E-state index contributed by atoms with van der Waals surface area (Å²) in [5, 5.41) is 11.0. The third-order valence-corrected chi connectivity index (χ3v) is 5.01. The Labute approximate surface area is 137 Å². The van der Waals surface area contributed by atoms with Gasteiger partial charge in [-0.2, -0.15) is 0 Å². The molecule has 2 aliphatic rings. The predicted molar refractivity (Wildman–Crippen MR) is 88.3 cm³/mol. The molecule has 1 saturated carbocycles. The highest BCUT2D eigenvalue weighted by Gasteiger charge is 2.24. The fourth-order valence-corrected chi connectivity index (χ4v) is 3.31. The molecule has 3 rings (SSSR count). The summed E-state index contributed by atoms with van der Waals surface area (Å²) < 4.78 is 5.83. The quantitative estimate of drug-likeness (QED) is 0.844. The molecule has 4 nitrogen and oxygen atoms in total. The molecule has 1 saturated heterocycles. The maximum Gasteiger partial charge on any atom is 0.138 e. The van der Waals surface area contributed by atoms with Crippen molar-refractivity contribution in [1.29, 1.82) is 0 Å². The number of rotatable bonds is 6. The van der Waals surface area contributed by atoms with Gasteiger partial charge in [-0.25, -0.2) is 0 Å². The average molecular weight is 325 g/mol. The first-order chi connectivity index (χ1) is 10.6. The zero-order valence-electron chi connectivity index (χ0n) is 12.9. The van der Waals surface area contributed by atoms with E-state index in [4.69, 9.17) is 22.1 Å². The molecule has 122 valence electrons. The van der Waals surface area contributed by atoms with Crippen LogP contribution in [0.1, 0.15) is 43.8 Å². The number of nitrogens with zero attached hydrogens (tertiary/aromatic N) is 1. The monoisotopic (exact) mass is 324 g/mol. The lowest BCUT2D eigenvalue weighted by Gasteiger charge is -2.27. The van der Waals surface area contributed by atoms with E-state index in [2.05, 4.69) is 4.90 Å². The Bertz CT molecular complexity index is 501. The second kappa shape index (κ2) is 7.18. The van der Waals surface area contributed by atoms with Crippen LogP contribution in [0.4, 0.5) is 0 Å². The number of likely N-dealkylation sites (tertiary alicyclic amines) is 1. The van der Waals surface area contributed by atoms with E-state index in [-0.39, 0.29) is 6.04 Å². The zero-order valence-corrected chi connectivity index (χ0v) is 13.6. The molecule has 3 N–H and O–H groups in total. The molecule has 2 unspecified atom stereocenters. The van der Waals surface area contributed by atoms with Crippen LogP contribution in [0.25, 0.3) is 0 Å². The number of aliphatic hydroxyl groups excluding tert-OH is 1. The second-order valence-corrected chi connectivity index (χ2v) is 6.88. The van der Waals surface area contributed by atoms with Crippen LogP contribution in [0.3, 0.4) is 0 Å². The third-order valence-electron chi connectivity index (χ3n) is 4.72. The highest BCUT2D eigenvalue weighted by atomic mass is 35.5. The van der Waals surface area contributed by atoms with E-state index in [0.717, 1.165) is 38.0 Å². The Morgan fingerprint density at radius 2 is 2.00 bits per heavy atom. The smallest absolute Gasteiger partial charge is 0.138 e. The van der Waals surface area contributed by atoms with Gasteiger partial charge < -0.3 is 20.5 Å². The minimum atomic E-state index is -0.698. The highest BCUT2D eigenvalue weighted by Crippen LogP contribution is 2.33. The van der Waals surface area contributed by atoms with E-state index in [1.54, 1.807) is 6.07 Å². The number of benzene rings is 1. The van der Waals surface area contributed by atoms with Gasteiger partial charge in [0.2, 0.25) is 0 Å². The number of aliphatic hydroxyl groups is 1. The van der Waals surface area contributed by atoms with Crippen molar-refractivity contribution in [1.82, 2.24) is 4.90 Å². The molecular formula is C17H25ClN2O2. The molecule has 0 aromatic heterocycles. The maximum absolute atomic E-state index is 10.5. The van der Waals surface area contributed by atoms with Gasteiger partial charge in [0.05, 0.1) is 17.2 Å². The molecule has 2 atom stereocenters. The topological polar surface area (TPSA) is 58.7 Å². The van der Waals surface area contributed by atoms with E-state index in [1.165, 1.54) is 19.3 Å². The Morgan fingerprint density at radius 3 is 2.59 bits per heavy atom. The van der Waals surface area contributed by atoms with Gasteiger partial charge in [-0.1, -0.05) is 17.7 Å². The molecule has 0 spiro atoms. The van der Waals surface area contributed by atoms with Gasteiger partial charge in [-0.3, -0.25) is 0 Å².